The Morgan fingerprint density at radius 2 is 1.93 bits per heavy atom. The van der Waals surface area contributed by atoms with Gasteiger partial charge in [0.15, 0.2) is 6.61 Å². The van der Waals surface area contributed by atoms with Crippen LogP contribution in [0, 0.1) is 11.2 Å². The molecule has 6 nitrogen and oxygen atoms in total. The van der Waals surface area contributed by atoms with Crippen molar-refractivity contribution >= 4 is 11.8 Å². The van der Waals surface area contributed by atoms with Crippen molar-refractivity contribution in [3.8, 4) is 11.5 Å². The van der Waals surface area contributed by atoms with Crippen molar-refractivity contribution in [2.75, 3.05) is 26.8 Å². The number of piperidine rings is 1. The van der Waals surface area contributed by atoms with Crippen LogP contribution < -0.4 is 14.8 Å². The standard InChI is InChI=1S/C23H27FN2O4/c1-23(22(28)25-14-17-5-3-6-20(13-17)29-2)11-4-12-26(16-23)21(27)15-30-19-9-7-18(24)8-10-19/h3,5-10,13H,4,11-12,14-16H2,1-2H3,(H,25,28). The summed E-state index contributed by atoms with van der Waals surface area (Å²) < 4.78 is 23.6. The number of ether oxygens (including phenoxy) is 2. The molecular formula is C23H27FN2O4. The van der Waals surface area contributed by atoms with Crippen LogP contribution in [0.15, 0.2) is 48.5 Å². The Balaban J connectivity index is 1.54. The van der Waals surface area contributed by atoms with Gasteiger partial charge >= 0.3 is 0 Å². The van der Waals surface area contributed by atoms with Crippen LogP contribution in [0.2, 0.25) is 0 Å². The number of amides is 2. The number of rotatable bonds is 7. The first-order chi connectivity index (χ1) is 14.4. The largest absolute Gasteiger partial charge is 0.497 e. The van der Waals surface area contributed by atoms with E-state index in [-0.39, 0.29) is 24.2 Å². The molecule has 1 heterocycles. The Hall–Kier alpha value is -3.09. The maximum atomic E-state index is 13.0. The molecule has 0 aromatic heterocycles. The molecular weight excluding hydrogens is 387 g/mol. The molecule has 0 bridgehead atoms. The predicted molar refractivity (Wildman–Crippen MR) is 111 cm³/mol. The summed E-state index contributed by atoms with van der Waals surface area (Å²) in [5.41, 5.74) is 0.283. The molecule has 2 amide bonds. The molecule has 1 atom stereocenters. The molecule has 3 rings (SSSR count). The van der Waals surface area contributed by atoms with E-state index in [1.54, 1.807) is 12.0 Å². The van der Waals surface area contributed by atoms with E-state index >= 15 is 0 Å². The summed E-state index contributed by atoms with van der Waals surface area (Å²) in [7, 11) is 1.60. The molecule has 1 unspecified atom stereocenters. The van der Waals surface area contributed by atoms with Crippen molar-refractivity contribution in [1.29, 1.82) is 0 Å². The van der Waals surface area contributed by atoms with Crippen LogP contribution in [0.1, 0.15) is 25.3 Å². The molecule has 7 heteroatoms. The third-order valence-corrected chi connectivity index (χ3v) is 5.36. The van der Waals surface area contributed by atoms with Gasteiger partial charge in [0.2, 0.25) is 5.91 Å². The third-order valence-electron chi connectivity index (χ3n) is 5.36. The van der Waals surface area contributed by atoms with Crippen LogP contribution >= 0.6 is 0 Å². The number of hydrogen-bond donors (Lipinski definition) is 1. The van der Waals surface area contributed by atoms with Gasteiger partial charge in [-0.1, -0.05) is 12.1 Å². The van der Waals surface area contributed by atoms with E-state index < -0.39 is 5.41 Å². The van der Waals surface area contributed by atoms with E-state index in [9.17, 15) is 14.0 Å². The number of carbonyl (C=O) groups excluding carboxylic acids is 2. The molecule has 1 aliphatic rings. The fourth-order valence-corrected chi connectivity index (χ4v) is 3.58. The number of nitrogens with zero attached hydrogens (tertiary/aromatic N) is 1. The first-order valence-corrected chi connectivity index (χ1v) is 9.97. The lowest BCUT2D eigenvalue weighted by molar-refractivity contribution is -0.142. The highest BCUT2D eigenvalue weighted by Crippen LogP contribution is 2.30. The second-order valence-electron chi connectivity index (χ2n) is 7.76. The first kappa shape index (κ1) is 21.6. The third kappa shape index (κ3) is 5.49. The summed E-state index contributed by atoms with van der Waals surface area (Å²) in [5.74, 6) is 0.539. The van der Waals surface area contributed by atoms with E-state index in [1.165, 1.54) is 24.3 Å². The van der Waals surface area contributed by atoms with Crippen LogP contribution in [0.3, 0.4) is 0 Å². The summed E-state index contributed by atoms with van der Waals surface area (Å²) >= 11 is 0. The molecule has 30 heavy (non-hydrogen) atoms. The van der Waals surface area contributed by atoms with Gasteiger partial charge in [-0.2, -0.15) is 0 Å². The van der Waals surface area contributed by atoms with Gasteiger partial charge in [-0.15, -0.1) is 0 Å². The summed E-state index contributed by atoms with van der Waals surface area (Å²) in [5, 5.41) is 2.98. The summed E-state index contributed by atoms with van der Waals surface area (Å²) in [6.07, 6.45) is 1.45. The number of hydrogen-bond acceptors (Lipinski definition) is 4. The minimum Gasteiger partial charge on any atom is -0.497 e. The topological polar surface area (TPSA) is 67.9 Å². The number of methoxy groups -OCH3 is 1. The van der Waals surface area contributed by atoms with Crippen LogP contribution in [0.5, 0.6) is 11.5 Å². The van der Waals surface area contributed by atoms with Crippen molar-refractivity contribution < 1.29 is 23.5 Å². The molecule has 0 spiro atoms. The molecule has 1 saturated heterocycles. The Kier molecular flexibility index (Phi) is 6.92. The first-order valence-electron chi connectivity index (χ1n) is 9.97. The van der Waals surface area contributed by atoms with Gasteiger partial charge in [-0.25, -0.2) is 4.39 Å². The molecule has 2 aromatic carbocycles. The van der Waals surface area contributed by atoms with Gasteiger partial charge in [0.1, 0.15) is 17.3 Å². The second-order valence-corrected chi connectivity index (χ2v) is 7.76. The number of nitrogens with one attached hydrogen (secondary N) is 1. The maximum Gasteiger partial charge on any atom is 0.260 e. The lowest BCUT2D eigenvalue weighted by Gasteiger charge is -2.39. The highest BCUT2D eigenvalue weighted by molar-refractivity contribution is 5.84. The number of benzene rings is 2. The molecule has 0 radical (unpaired) electrons. The maximum absolute atomic E-state index is 13.0. The summed E-state index contributed by atoms with van der Waals surface area (Å²) in [6.45, 7) is 3.06. The van der Waals surface area contributed by atoms with Gasteiger partial charge < -0.3 is 19.7 Å². The summed E-state index contributed by atoms with van der Waals surface area (Å²) in [4.78, 5) is 27.1. The number of halogens is 1. The zero-order valence-corrected chi connectivity index (χ0v) is 17.3. The van der Waals surface area contributed by atoms with Gasteiger partial charge in [0.05, 0.1) is 12.5 Å². The summed E-state index contributed by atoms with van der Waals surface area (Å²) in [6, 6.07) is 13.1. The highest BCUT2D eigenvalue weighted by atomic mass is 19.1. The Morgan fingerprint density at radius 3 is 2.67 bits per heavy atom. The number of likely N-dealkylation sites (tertiary alicyclic amines) is 1. The lowest BCUT2D eigenvalue weighted by atomic mass is 9.81. The zero-order chi connectivity index (χ0) is 21.6. The van der Waals surface area contributed by atoms with Crippen LogP contribution in [-0.2, 0) is 16.1 Å². The van der Waals surface area contributed by atoms with Crippen molar-refractivity contribution in [3.63, 3.8) is 0 Å². The van der Waals surface area contributed by atoms with Gasteiger partial charge in [0.25, 0.3) is 5.91 Å². The minimum absolute atomic E-state index is 0.0812. The molecule has 160 valence electrons. The fourth-order valence-electron chi connectivity index (χ4n) is 3.58. The molecule has 2 aromatic rings. The van der Waals surface area contributed by atoms with Crippen molar-refractivity contribution in [2.24, 2.45) is 5.41 Å². The van der Waals surface area contributed by atoms with E-state index in [1.807, 2.05) is 31.2 Å². The lowest BCUT2D eigenvalue weighted by Crippen LogP contribution is -2.52. The van der Waals surface area contributed by atoms with Gasteiger partial charge in [-0.3, -0.25) is 9.59 Å². The predicted octanol–water partition coefficient (Wildman–Crippen LogP) is 3.16. The van der Waals surface area contributed by atoms with E-state index in [2.05, 4.69) is 5.32 Å². The molecule has 0 aliphatic carbocycles. The normalized spacial score (nSPS) is 18.6. The van der Waals surface area contributed by atoms with Crippen LogP contribution in [-0.4, -0.2) is 43.5 Å². The van der Waals surface area contributed by atoms with Crippen LogP contribution in [0.25, 0.3) is 0 Å². The highest BCUT2D eigenvalue weighted by Gasteiger charge is 2.39. The van der Waals surface area contributed by atoms with Gasteiger partial charge in [0, 0.05) is 19.6 Å². The SMILES string of the molecule is COc1cccc(CNC(=O)C2(C)CCCN(C(=O)COc3ccc(F)cc3)C2)c1. The van der Waals surface area contributed by atoms with E-state index in [0.29, 0.717) is 31.8 Å². The average Bonchev–Trinajstić information content (AvgIpc) is 2.77. The monoisotopic (exact) mass is 414 g/mol. The van der Waals surface area contributed by atoms with Gasteiger partial charge in [-0.05, 0) is 61.7 Å². The van der Waals surface area contributed by atoms with E-state index in [0.717, 1.165) is 17.7 Å². The number of carbonyl (C=O) groups is 2. The molecule has 0 saturated carbocycles. The Bertz CT molecular complexity index is 887. The molecule has 1 aliphatic heterocycles. The zero-order valence-electron chi connectivity index (χ0n) is 17.3. The van der Waals surface area contributed by atoms with Crippen LogP contribution in [0.4, 0.5) is 4.39 Å². The molecule has 1 N–H and O–H groups in total. The fraction of sp³-hybridized carbons (Fsp3) is 0.391. The second kappa shape index (κ2) is 9.61. The van der Waals surface area contributed by atoms with Crippen molar-refractivity contribution in [2.45, 2.75) is 26.3 Å². The van der Waals surface area contributed by atoms with Crippen molar-refractivity contribution in [1.82, 2.24) is 10.2 Å². The van der Waals surface area contributed by atoms with E-state index in [4.69, 9.17) is 9.47 Å². The Labute approximate surface area is 176 Å². The molecule has 1 fully saturated rings. The Morgan fingerprint density at radius 1 is 1.17 bits per heavy atom. The average molecular weight is 414 g/mol. The van der Waals surface area contributed by atoms with Crippen molar-refractivity contribution in [3.05, 3.63) is 59.9 Å². The smallest absolute Gasteiger partial charge is 0.260 e. The quantitative estimate of drug-likeness (QED) is 0.756. The minimum atomic E-state index is -0.664.